The monoisotopic (exact) mass is 340 g/mol. The largest absolute Gasteiger partial charge is 0.454 e. The predicted octanol–water partition coefficient (Wildman–Crippen LogP) is 2.21. The Balaban J connectivity index is 1.76. The smallest absolute Gasteiger partial charge is 0.282 e. The topological polar surface area (TPSA) is 59.1 Å². The van der Waals surface area contributed by atoms with Gasteiger partial charge in [-0.25, -0.2) is 0 Å². The molecule has 1 atom stereocenters. The number of nitrogens with zero attached hydrogens (tertiary/aromatic N) is 2. The zero-order valence-electron chi connectivity index (χ0n) is 13.7. The molecule has 2 aliphatic heterocycles. The second kappa shape index (κ2) is 6.67. The van der Waals surface area contributed by atoms with Crippen LogP contribution in [0.1, 0.15) is 32.3 Å². The van der Waals surface area contributed by atoms with E-state index in [0.29, 0.717) is 43.6 Å². The molecule has 2 aliphatic rings. The number of ether oxygens (including phenoxy) is 2. The van der Waals surface area contributed by atoms with Gasteiger partial charge in [-0.2, -0.15) is 17.0 Å². The van der Waals surface area contributed by atoms with Gasteiger partial charge in [0.05, 0.1) is 0 Å². The van der Waals surface area contributed by atoms with E-state index in [9.17, 15) is 8.42 Å². The van der Waals surface area contributed by atoms with E-state index in [-0.39, 0.29) is 6.79 Å². The van der Waals surface area contributed by atoms with Crippen LogP contribution in [0.25, 0.3) is 0 Å². The first-order chi connectivity index (χ1) is 11.0. The Bertz CT molecular complexity index is 662. The summed E-state index contributed by atoms with van der Waals surface area (Å²) >= 11 is 0. The van der Waals surface area contributed by atoms with Crippen LogP contribution in [-0.2, 0) is 16.8 Å². The highest BCUT2D eigenvalue weighted by Crippen LogP contribution is 2.33. The summed E-state index contributed by atoms with van der Waals surface area (Å²) < 4.78 is 39.6. The fraction of sp³-hybridized carbons (Fsp3) is 0.625. The number of fused-ring (bicyclic) bond motifs is 1. The minimum atomic E-state index is -3.42. The van der Waals surface area contributed by atoms with Gasteiger partial charge in [-0.1, -0.05) is 19.9 Å². The van der Waals surface area contributed by atoms with Gasteiger partial charge in [0.1, 0.15) is 0 Å². The molecule has 0 amide bonds. The second-order valence-corrected chi connectivity index (χ2v) is 8.16. The van der Waals surface area contributed by atoms with Crippen LogP contribution in [0.5, 0.6) is 11.5 Å². The number of hydrogen-bond acceptors (Lipinski definition) is 4. The zero-order valence-corrected chi connectivity index (χ0v) is 14.5. The number of hydrogen-bond donors (Lipinski definition) is 0. The maximum Gasteiger partial charge on any atom is 0.282 e. The predicted molar refractivity (Wildman–Crippen MR) is 87.5 cm³/mol. The Morgan fingerprint density at radius 3 is 2.83 bits per heavy atom. The molecule has 0 aliphatic carbocycles. The van der Waals surface area contributed by atoms with Crippen LogP contribution in [0.3, 0.4) is 0 Å². The van der Waals surface area contributed by atoms with Gasteiger partial charge in [-0.05, 0) is 36.5 Å². The summed E-state index contributed by atoms with van der Waals surface area (Å²) in [7, 11) is -3.42. The van der Waals surface area contributed by atoms with Crippen LogP contribution in [0, 0.1) is 5.92 Å². The van der Waals surface area contributed by atoms with E-state index >= 15 is 0 Å². The van der Waals surface area contributed by atoms with Crippen molar-refractivity contribution < 1.29 is 17.9 Å². The third-order valence-corrected chi connectivity index (χ3v) is 6.45. The van der Waals surface area contributed by atoms with Crippen molar-refractivity contribution in [2.75, 3.05) is 26.4 Å². The molecule has 0 radical (unpaired) electrons. The number of piperidine rings is 1. The Labute approximate surface area is 138 Å². The molecule has 0 aromatic heterocycles. The van der Waals surface area contributed by atoms with Gasteiger partial charge in [0.25, 0.3) is 10.2 Å². The SMILES string of the molecule is CCN(Cc1ccc2c(c1)OCO2)S(=O)(=O)N1CCC[C@H](C)C1. The highest BCUT2D eigenvalue weighted by atomic mass is 32.2. The van der Waals surface area contributed by atoms with E-state index in [1.165, 1.54) is 4.31 Å². The Hall–Kier alpha value is -1.31. The number of benzene rings is 1. The van der Waals surface area contributed by atoms with E-state index in [2.05, 4.69) is 6.92 Å². The van der Waals surface area contributed by atoms with Crippen molar-refractivity contribution in [1.29, 1.82) is 0 Å². The maximum absolute atomic E-state index is 12.9. The summed E-state index contributed by atoms with van der Waals surface area (Å²) in [4.78, 5) is 0. The zero-order chi connectivity index (χ0) is 16.4. The van der Waals surface area contributed by atoms with E-state index < -0.39 is 10.2 Å². The summed E-state index contributed by atoms with van der Waals surface area (Å²) in [5.41, 5.74) is 0.907. The average Bonchev–Trinajstić information content (AvgIpc) is 3.00. The van der Waals surface area contributed by atoms with Gasteiger partial charge in [-0.15, -0.1) is 0 Å². The van der Waals surface area contributed by atoms with Crippen molar-refractivity contribution >= 4 is 10.2 Å². The van der Waals surface area contributed by atoms with Gasteiger partial charge in [0, 0.05) is 26.2 Å². The van der Waals surface area contributed by atoms with Crippen molar-refractivity contribution in [1.82, 2.24) is 8.61 Å². The third kappa shape index (κ3) is 3.46. The highest BCUT2D eigenvalue weighted by Gasteiger charge is 2.32. The fourth-order valence-corrected chi connectivity index (χ4v) is 4.89. The van der Waals surface area contributed by atoms with Gasteiger partial charge in [-0.3, -0.25) is 0 Å². The summed E-state index contributed by atoms with van der Waals surface area (Å²) in [6, 6.07) is 5.59. The van der Waals surface area contributed by atoms with E-state index in [0.717, 1.165) is 18.4 Å². The summed E-state index contributed by atoms with van der Waals surface area (Å²) in [6.07, 6.45) is 2.03. The summed E-state index contributed by atoms with van der Waals surface area (Å²) in [5.74, 6) is 1.81. The van der Waals surface area contributed by atoms with E-state index in [1.54, 1.807) is 4.31 Å². The molecule has 6 nitrogen and oxygen atoms in total. The van der Waals surface area contributed by atoms with Gasteiger partial charge < -0.3 is 9.47 Å². The van der Waals surface area contributed by atoms with Crippen molar-refractivity contribution in [3.8, 4) is 11.5 Å². The third-order valence-electron chi connectivity index (χ3n) is 4.42. The lowest BCUT2D eigenvalue weighted by atomic mass is 10.0. The first-order valence-electron chi connectivity index (χ1n) is 8.14. The Kier molecular flexibility index (Phi) is 4.79. The molecule has 2 heterocycles. The van der Waals surface area contributed by atoms with E-state index in [4.69, 9.17) is 9.47 Å². The lowest BCUT2D eigenvalue weighted by Gasteiger charge is -2.34. The van der Waals surface area contributed by atoms with E-state index in [1.807, 2.05) is 25.1 Å². The molecule has 0 N–H and O–H groups in total. The van der Waals surface area contributed by atoms with Crippen LogP contribution in [0.2, 0.25) is 0 Å². The first kappa shape index (κ1) is 16.5. The molecule has 3 rings (SSSR count). The lowest BCUT2D eigenvalue weighted by Crippen LogP contribution is -2.47. The van der Waals surface area contributed by atoms with Crippen molar-refractivity contribution in [2.45, 2.75) is 33.2 Å². The van der Waals surface area contributed by atoms with Crippen LogP contribution in [-0.4, -0.2) is 43.5 Å². The van der Waals surface area contributed by atoms with Crippen LogP contribution in [0.15, 0.2) is 18.2 Å². The molecule has 7 heteroatoms. The molecule has 0 unspecified atom stereocenters. The molecule has 1 aromatic carbocycles. The standard InChI is InChI=1S/C16H24N2O4S/c1-3-17(23(19,20)18-8-4-5-13(2)10-18)11-14-6-7-15-16(9-14)22-12-21-15/h6-7,9,13H,3-5,8,10-12H2,1-2H3/t13-/m0/s1. The Morgan fingerprint density at radius 1 is 1.30 bits per heavy atom. The molecular weight excluding hydrogens is 316 g/mol. The Morgan fingerprint density at radius 2 is 2.09 bits per heavy atom. The summed E-state index contributed by atoms with van der Waals surface area (Å²) in [6.45, 7) is 6.22. The second-order valence-electron chi connectivity index (χ2n) is 6.23. The van der Waals surface area contributed by atoms with Gasteiger partial charge in [0.2, 0.25) is 6.79 Å². The lowest BCUT2D eigenvalue weighted by molar-refractivity contribution is 0.174. The fourth-order valence-electron chi connectivity index (χ4n) is 3.12. The molecule has 23 heavy (non-hydrogen) atoms. The molecule has 0 spiro atoms. The number of rotatable bonds is 5. The normalized spacial score (nSPS) is 21.8. The van der Waals surface area contributed by atoms with Crippen LogP contribution < -0.4 is 9.47 Å². The molecule has 0 bridgehead atoms. The molecule has 0 saturated carbocycles. The minimum absolute atomic E-state index is 0.222. The molecule has 1 saturated heterocycles. The quantitative estimate of drug-likeness (QED) is 0.825. The van der Waals surface area contributed by atoms with Gasteiger partial charge in [0.15, 0.2) is 11.5 Å². The maximum atomic E-state index is 12.9. The average molecular weight is 340 g/mol. The first-order valence-corrected chi connectivity index (χ1v) is 9.54. The van der Waals surface area contributed by atoms with Crippen molar-refractivity contribution in [2.24, 2.45) is 5.92 Å². The van der Waals surface area contributed by atoms with Crippen molar-refractivity contribution in [3.63, 3.8) is 0 Å². The molecule has 1 aromatic rings. The molecule has 1 fully saturated rings. The summed E-state index contributed by atoms with van der Waals surface area (Å²) in [5, 5.41) is 0. The highest BCUT2D eigenvalue weighted by molar-refractivity contribution is 7.86. The molecule has 128 valence electrons. The van der Waals surface area contributed by atoms with Crippen LogP contribution >= 0.6 is 0 Å². The minimum Gasteiger partial charge on any atom is -0.454 e. The molecular formula is C16H24N2O4S. The van der Waals surface area contributed by atoms with Crippen LogP contribution in [0.4, 0.5) is 0 Å². The van der Waals surface area contributed by atoms with Gasteiger partial charge >= 0.3 is 0 Å². The van der Waals surface area contributed by atoms with Crippen molar-refractivity contribution in [3.05, 3.63) is 23.8 Å².